The number of hydrogen-bond donors (Lipinski definition) is 4. The summed E-state index contributed by atoms with van der Waals surface area (Å²) in [7, 11) is 0. The second-order valence-electron chi connectivity index (χ2n) is 9.56. The minimum Gasteiger partial charge on any atom is -0.480 e. The van der Waals surface area contributed by atoms with Crippen molar-refractivity contribution < 1.29 is 39.6 Å². The lowest BCUT2D eigenvalue weighted by atomic mass is 10.0. The molecule has 2 aromatic heterocycles. The van der Waals surface area contributed by atoms with E-state index in [4.69, 9.17) is 0 Å². The van der Waals surface area contributed by atoms with Gasteiger partial charge < -0.3 is 20.4 Å². The number of aliphatic imine (C=N–C) groups is 1. The van der Waals surface area contributed by atoms with Gasteiger partial charge in [-0.25, -0.2) is 19.6 Å². The minimum absolute atomic E-state index is 0.0120. The molecule has 224 valence electrons. The van der Waals surface area contributed by atoms with E-state index in [0.29, 0.717) is 29.9 Å². The average Bonchev–Trinajstić information content (AvgIpc) is 2.95. The lowest BCUT2D eigenvalue weighted by Crippen LogP contribution is -2.47. The Hall–Kier alpha value is -4.88. The van der Waals surface area contributed by atoms with Crippen LogP contribution in [0.2, 0.25) is 0 Å². The first-order valence-electron chi connectivity index (χ1n) is 13.0. The second-order valence-corrected chi connectivity index (χ2v) is 9.75. The summed E-state index contributed by atoms with van der Waals surface area (Å²) in [6.45, 7) is -0.812. The standard InChI is InChI=1S/C29H29N5O8S/c35-26(36)16-33(13-21-3-1-5-24(31-21)28(39)40)15-23(12-9-19-7-10-20(11-8-19)30-18-43)34(17-27(37)38)14-22-4-2-6-25(32-22)29(41)42/h1-8,10-11,23H,9,12-17H2,(H,35,36)(H,37,38)(H,39,40)(H,41,42). The Balaban J connectivity index is 1.95. The number of carboxylic acid groups (broad SMARTS) is 4. The number of thiocarbonyl (C=S) groups is 1. The molecule has 0 aliphatic heterocycles. The molecule has 4 N–H and O–H groups in total. The average molecular weight is 608 g/mol. The minimum atomic E-state index is -1.23. The van der Waals surface area contributed by atoms with Crippen LogP contribution in [0.5, 0.6) is 0 Å². The summed E-state index contributed by atoms with van der Waals surface area (Å²) in [6, 6.07) is 15.5. The third-order valence-corrected chi connectivity index (χ3v) is 6.45. The zero-order chi connectivity index (χ0) is 31.4. The third-order valence-electron chi connectivity index (χ3n) is 6.36. The monoisotopic (exact) mass is 607 g/mol. The molecule has 3 aromatic rings. The number of isothiocyanates is 1. The zero-order valence-corrected chi connectivity index (χ0v) is 23.7. The molecule has 2 heterocycles. The van der Waals surface area contributed by atoms with Crippen LogP contribution in [0.25, 0.3) is 0 Å². The summed E-state index contributed by atoms with van der Waals surface area (Å²) < 4.78 is 0. The number of hydrogen-bond acceptors (Lipinski definition) is 10. The van der Waals surface area contributed by atoms with Crippen LogP contribution in [-0.4, -0.2) is 94.9 Å². The Morgan fingerprint density at radius 3 is 1.86 bits per heavy atom. The predicted molar refractivity (Wildman–Crippen MR) is 157 cm³/mol. The van der Waals surface area contributed by atoms with Gasteiger partial charge in [-0.3, -0.25) is 19.4 Å². The first-order valence-corrected chi connectivity index (χ1v) is 13.4. The topological polar surface area (TPSA) is 194 Å². The van der Waals surface area contributed by atoms with E-state index in [1.54, 1.807) is 34.1 Å². The highest BCUT2D eigenvalue weighted by Crippen LogP contribution is 2.19. The van der Waals surface area contributed by atoms with E-state index in [2.05, 4.69) is 32.3 Å². The maximum absolute atomic E-state index is 12.0. The molecule has 0 aliphatic carbocycles. The van der Waals surface area contributed by atoms with Gasteiger partial charge in [-0.2, -0.15) is 4.99 Å². The van der Waals surface area contributed by atoms with Crippen molar-refractivity contribution in [3.05, 3.63) is 89.0 Å². The van der Waals surface area contributed by atoms with Gasteiger partial charge in [-0.1, -0.05) is 24.3 Å². The number of aromatic nitrogens is 2. The molecule has 1 unspecified atom stereocenters. The second kappa shape index (κ2) is 15.9. The van der Waals surface area contributed by atoms with Crippen molar-refractivity contribution in [2.24, 2.45) is 4.99 Å². The van der Waals surface area contributed by atoms with Crippen molar-refractivity contribution in [2.45, 2.75) is 32.0 Å². The molecule has 43 heavy (non-hydrogen) atoms. The van der Waals surface area contributed by atoms with Crippen LogP contribution in [0, 0.1) is 0 Å². The van der Waals surface area contributed by atoms with E-state index in [1.165, 1.54) is 24.3 Å². The molecule has 0 radical (unpaired) electrons. The molecule has 1 aromatic carbocycles. The summed E-state index contributed by atoms with van der Waals surface area (Å²) in [5, 5.41) is 40.4. The van der Waals surface area contributed by atoms with Crippen molar-refractivity contribution >= 4 is 46.9 Å². The summed E-state index contributed by atoms with van der Waals surface area (Å²) in [4.78, 5) is 62.0. The van der Waals surface area contributed by atoms with Gasteiger partial charge in [0.2, 0.25) is 0 Å². The molecule has 13 nitrogen and oxygen atoms in total. The van der Waals surface area contributed by atoms with E-state index in [1.807, 2.05) is 12.1 Å². The fraction of sp³-hybridized carbons (Fsp3) is 0.276. The number of aromatic carboxylic acids is 2. The molecular formula is C29H29N5O8S. The molecule has 0 amide bonds. The molecule has 0 aliphatic rings. The van der Waals surface area contributed by atoms with Crippen molar-refractivity contribution in [2.75, 3.05) is 19.6 Å². The van der Waals surface area contributed by atoms with Crippen molar-refractivity contribution in [1.29, 1.82) is 0 Å². The van der Waals surface area contributed by atoms with Crippen LogP contribution in [0.3, 0.4) is 0 Å². The molecule has 0 saturated carbocycles. The van der Waals surface area contributed by atoms with Crippen LogP contribution in [-0.2, 0) is 29.1 Å². The molecule has 0 saturated heterocycles. The summed E-state index contributed by atoms with van der Waals surface area (Å²) in [5.41, 5.74) is 1.80. The summed E-state index contributed by atoms with van der Waals surface area (Å²) >= 11 is 4.64. The lowest BCUT2D eigenvalue weighted by molar-refractivity contribution is -0.141. The molecule has 1 atom stereocenters. The number of rotatable bonds is 17. The Morgan fingerprint density at radius 2 is 1.35 bits per heavy atom. The number of aliphatic carboxylic acids is 2. The number of pyridine rings is 2. The van der Waals surface area contributed by atoms with E-state index in [-0.39, 0.29) is 31.0 Å². The molecule has 0 spiro atoms. The highest BCUT2D eigenvalue weighted by Gasteiger charge is 2.26. The molecular weight excluding hydrogens is 578 g/mol. The highest BCUT2D eigenvalue weighted by molar-refractivity contribution is 7.78. The fourth-order valence-corrected chi connectivity index (χ4v) is 4.59. The van der Waals surface area contributed by atoms with Gasteiger partial charge in [0.1, 0.15) is 11.4 Å². The van der Waals surface area contributed by atoms with Gasteiger partial charge in [0.15, 0.2) is 0 Å². The number of benzene rings is 1. The van der Waals surface area contributed by atoms with Gasteiger partial charge >= 0.3 is 23.9 Å². The maximum atomic E-state index is 12.0. The van der Waals surface area contributed by atoms with Crippen molar-refractivity contribution in [3.8, 4) is 0 Å². The summed E-state index contributed by atoms with van der Waals surface area (Å²) in [6.07, 6.45) is 0.874. The SMILES string of the molecule is O=C(O)CN(Cc1cccc(C(=O)O)n1)CC(CCc1ccc(N=C=S)cc1)N(CC(=O)O)Cc1cccc(C(=O)O)n1. The van der Waals surface area contributed by atoms with E-state index in [0.717, 1.165) is 5.56 Å². The quantitative estimate of drug-likeness (QED) is 0.129. The zero-order valence-electron chi connectivity index (χ0n) is 22.9. The summed E-state index contributed by atoms with van der Waals surface area (Å²) in [5.74, 6) is -4.73. The largest absolute Gasteiger partial charge is 0.480 e. The highest BCUT2D eigenvalue weighted by atomic mass is 32.1. The van der Waals surface area contributed by atoms with Gasteiger partial charge in [0.05, 0.1) is 35.3 Å². The normalized spacial score (nSPS) is 11.6. The number of aryl methyl sites for hydroxylation is 1. The first kappa shape index (κ1) is 32.6. The predicted octanol–water partition coefficient (Wildman–Crippen LogP) is 3.08. The van der Waals surface area contributed by atoms with E-state index < -0.39 is 43.0 Å². The number of carbonyl (C=O) groups is 4. The fourth-order valence-electron chi connectivity index (χ4n) is 4.49. The van der Waals surface area contributed by atoms with Gasteiger partial charge in [0, 0.05) is 25.7 Å². The van der Waals surface area contributed by atoms with Crippen molar-refractivity contribution in [1.82, 2.24) is 19.8 Å². The Labute approximate surface area is 251 Å². The van der Waals surface area contributed by atoms with Gasteiger partial charge in [0.25, 0.3) is 0 Å². The Kier molecular flexibility index (Phi) is 12.1. The molecule has 0 fully saturated rings. The Morgan fingerprint density at radius 1 is 0.791 bits per heavy atom. The first-order chi connectivity index (χ1) is 20.5. The maximum Gasteiger partial charge on any atom is 0.354 e. The molecule has 0 bridgehead atoms. The van der Waals surface area contributed by atoms with Crippen LogP contribution in [0.4, 0.5) is 5.69 Å². The van der Waals surface area contributed by atoms with Crippen molar-refractivity contribution in [3.63, 3.8) is 0 Å². The van der Waals surface area contributed by atoms with E-state index >= 15 is 0 Å². The number of carboxylic acids is 4. The molecule has 14 heteroatoms. The molecule has 3 rings (SSSR count). The van der Waals surface area contributed by atoms with Gasteiger partial charge in [-0.05, 0) is 67.0 Å². The smallest absolute Gasteiger partial charge is 0.354 e. The van der Waals surface area contributed by atoms with Crippen LogP contribution >= 0.6 is 12.2 Å². The third kappa shape index (κ3) is 10.8. The van der Waals surface area contributed by atoms with Crippen LogP contribution in [0.15, 0.2) is 65.7 Å². The van der Waals surface area contributed by atoms with Crippen LogP contribution < -0.4 is 0 Å². The number of nitrogens with zero attached hydrogens (tertiary/aromatic N) is 5. The van der Waals surface area contributed by atoms with Crippen LogP contribution in [0.1, 0.15) is 44.3 Å². The van der Waals surface area contributed by atoms with Gasteiger partial charge in [-0.15, -0.1) is 0 Å². The van der Waals surface area contributed by atoms with E-state index in [9.17, 15) is 39.6 Å². The Bertz CT molecular complexity index is 1510. The lowest BCUT2D eigenvalue weighted by Gasteiger charge is -2.34.